The zero-order valence-corrected chi connectivity index (χ0v) is 25.5. The highest BCUT2D eigenvalue weighted by Crippen LogP contribution is 2.20. The highest BCUT2D eigenvalue weighted by molar-refractivity contribution is 5.96. The van der Waals surface area contributed by atoms with E-state index in [1.807, 2.05) is 36.4 Å². The monoisotopic (exact) mass is 593 g/mol. The van der Waals surface area contributed by atoms with Gasteiger partial charge in [-0.2, -0.15) is 0 Å². The van der Waals surface area contributed by atoms with Crippen molar-refractivity contribution in [1.82, 2.24) is 10.6 Å². The molecule has 0 aromatic heterocycles. The van der Waals surface area contributed by atoms with Crippen LogP contribution in [0.1, 0.15) is 49.0 Å². The lowest BCUT2D eigenvalue weighted by molar-refractivity contribution is -0.131. The first kappa shape index (κ1) is 36.3. The summed E-state index contributed by atoms with van der Waals surface area (Å²) in [5.41, 5.74) is 7.80. The Hall–Kier alpha value is -2.69. The molecule has 2 amide bonds. The Kier molecular flexibility index (Phi) is 17.9. The molecule has 5 N–H and O–H groups in total. The molecule has 0 radical (unpaired) electrons. The molecular formula is C31H48ClN3O6. The first-order valence-corrected chi connectivity index (χ1v) is 14.0. The number of amides is 2. The van der Waals surface area contributed by atoms with Crippen LogP contribution in [0.3, 0.4) is 0 Å². The molecule has 3 unspecified atom stereocenters. The number of para-hydroxylation sites is 1. The summed E-state index contributed by atoms with van der Waals surface area (Å²) in [6, 6.07) is 16.2. The molecule has 0 aliphatic heterocycles. The predicted octanol–water partition coefficient (Wildman–Crippen LogP) is 3.37. The van der Waals surface area contributed by atoms with Gasteiger partial charge in [-0.25, -0.2) is 0 Å². The number of methoxy groups -OCH3 is 2. The summed E-state index contributed by atoms with van der Waals surface area (Å²) in [6.45, 7) is 5.70. The van der Waals surface area contributed by atoms with Gasteiger partial charge in [0.25, 0.3) is 5.91 Å². The van der Waals surface area contributed by atoms with Crippen molar-refractivity contribution >= 4 is 24.2 Å². The van der Waals surface area contributed by atoms with Crippen LogP contribution in [0.25, 0.3) is 0 Å². The molecule has 41 heavy (non-hydrogen) atoms. The first-order valence-electron chi connectivity index (χ1n) is 14.0. The normalized spacial score (nSPS) is 13.9. The van der Waals surface area contributed by atoms with E-state index in [0.29, 0.717) is 43.9 Å². The number of ether oxygens (including phenoxy) is 3. The van der Waals surface area contributed by atoms with E-state index in [-0.39, 0.29) is 42.6 Å². The van der Waals surface area contributed by atoms with Crippen molar-refractivity contribution in [3.63, 3.8) is 0 Å². The molecule has 2 aromatic rings. The maximum Gasteiger partial charge on any atom is 0.255 e. The number of nitrogens with two attached hydrogens (primary N) is 1. The van der Waals surface area contributed by atoms with Gasteiger partial charge in [0, 0.05) is 46.4 Å². The van der Waals surface area contributed by atoms with E-state index in [0.717, 1.165) is 18.4 Å². The van der Waals surface area contributed by atoms with Crippen molar-refractivity contribution in [2.75, 3.05) is 40.5 Å². The quantitative estimate of drug-likeness (QED) is 0.184. The van der Waals surface area contributed by atoms with Crippen molar-refractivity contribution in [2.24, 2.45) is 17.6 Å². The zero-order chi connectivity index (χ0) is 29.3. The van der Waals surface area contributed by atoms with Gasteiger partial charge in [-0.1, -0.05) is 56.3 Å². The van der Waals surface area contributed by atoms with Crippen LogP contribution in [-0.2, 0) is 20.7 Å². The molecule has 0 saturated carbocycles. The van der Waals surface area contributed by atoms with Crippen molar-refractivity contribution < 1.29 is 28.9 Å². The molecule has 4 atom stereocenters. The SMILES string of the molecule is COCCCCOc1ccccc1C(=O)NCC(CC(N)C(O)CNC(=O)[C@@H](Cc1ccccc1)OC)C(C)C.Cl. The Labute approximate surface area is 250 Å². The topological polar surface area (TPSA) is 132 Å². The molecule has 10 heteroatoms. The summed E-state index contributed by atoms with van der Waals surface area (Å²) in [7, 11) is 3.16. The van der Waals surface area contributed by atoms with E-state index >= 15 is 0 Å². The summed E-state index contributed by atoms with van der Waals surface area (Å²) in [6.07, 6.45) is 1.02. The molecule has 0 saturated heterocycles. The molecule has 0 fully saturated rings. The summed E-state index contributed by atoms with van der Waals surface area (Å²) in [5.74, 6) is 0.261. The van der Waals surface area contributed by atoms with Crippen LogP contribution < -0.4 is 21.1 Å². The standard InChI is InChI=1S/C31H47N3O6.ClH/c1-22(2)24(20-33-30(36)25-14-8-9-15-28(25)40-17-11-10-16-38-3)19-26(32)27(35)21-34-31(37)29(39-4)18-23-12-6-5-7-13-23;/h5-9,12-15,22,24,26-27,29,35H,10-11,16-21,32H2,1-4H3,(H,33,36)(H,34,37);1H/t24?,26?,27?,29-;/m1./s1. The fourth-order valence-electron chi connectivity index (χ4n) is 4.31. The Bertz CT molecular complexity index is 1010. The highest BCUT2D eigenvalue weighted by atomic mass is 35.5. The maximum atomic E-state index is 13.0. The minimum Gasteiger partial charge on any atom is -0.493 e. The minimum atomic E-state index is -0.942. The molecule has 2 rings (SSSR count). The number of carbonyl (C=O) groups is 2. The molecule has 0 bridgehead atoms. The second kappa shape index (κ2) is 20.2. The number of rotatable bonds is 19. The van der Waals surface area contributed by atoms with Gasteiger partial charge < -0.3 is 35.7 Å². The Morgan fingerprint density at radius 1 is 0.927 bits per heavy atom. The maximum absolute atomic E-state index is 13.0. The van der Waals surface area contributed by atoms with E-state index in [9.17, 15) is 14.7 Å². The molecule has 2 aromatic carbocycles. The summed E-state index contributed by atoms with van der Waals surface area (Å²) >= 11 is 0. The molecule has 0 aliphatic rings. The van der Waals surface area contributed by atoms with E-state index in [2.05, 4.69) is 24.5 Å². The van der Waals surface area contributed by atoms with E-state index in [4.69, 9.17) is 19.9 Å². The molecular weight excluding hydrogens is 546 g/mol. The van der Waals surface area contributed by atoms with Crippen LogP contribution in [0.5, 0.6) is 5.75 Å². The van der Waals surface area contributed by atoms with Crippen LogP contribution in [-0.4, -0.2) is 75.7 Å². The average Bonchev–Trinajstić information content (AvgIpc) is 2.96. The lowest BCUT2D eigenvalue weighted by Crippen LogP contribution is -2.48. The van der Waals surface area contributed by atoms with E-state index in [1.165, 1.54) is 7.11 Å². The number of nitrogens with one attached hydrogen (secondary N) is 2. The van der Waals surface area contributed by atoms with Gasteiger partial charge in [-0.05, 0) is 48.8 Å². The van der Waals surface area contributed by atoms with Crippen LogP contribution in [0.4, 0.5) is 0 Å². The number of hydrogen-bond acceptors (Lipinski definition) is 7. The van der Waals surface area contributed by atoms with E-state index < -0.39 is 18.2 Å². The number of aliphatic hydroxyl groups is 1. The second-order valence-electron chi connectivity index (χ2n) is 10.4. The number of hydrogen-bond donors (Lipinski definition) is 4. The first-order chi connectivity index (χ1) is 19.3. The van der Waals surface area contributed by atoms with Crippen molar-refractivity contribution in [3.8, 4) is 5.75 Å². The van der Waals surface area contributed by atoms with Crippen LogP contribution in [0.2, 0.25) is 0 Å². The molecule has 9 nitrogen and oxygen atoms in total. The highest BCUT2D eigenvalue weighted by Gasteiger charge is 2.25. The average molecular weight is 594 g/mol. The van der Waals surface area contributed by atoms with Gasteiger partial charge >= 0.3 is 0 Å². The third-order valence-electron chi connectivity index (χ3n) is 7.00. The van der Waals surface area contributed by atoms with Gasteiger partial charge in [0.2, 0.25) is 5.91 Å². The number of aliphatic hydroxyl groups excluding tert-OH is 1. The molecule has 0 aliphatic carbocycles. The van der Waals surface area contributed by atoms with Crippen LogP contribution >= 0.6 is 12.4 Å². The number of benzene rings is 2. The summed E-state index contributed by atoms with van der Waals surface area (Å²) in [5, 5.41) is 16.4. The fourth-order valence-corrected chi connectivity index (χ4v) is 4.31. The van der Waals surface area contributed by atoms with Gasteiger partial charge in [0.15, 0.2) is 0 Å². The van der Waals surface area contributed by atoms with Crippen molar-refractivity contribution in [2.45, 2.75) is 57.8 Å². The Balaban J connectivity index is 0.00000840. The third kappa shape index (κ3) is 13.2. The lowest BCUT2D eigenvalue weighted by atomic mass is 9.87. The second-order valence-corrected chi connectivity index (χ2v) is 10.4. The smallest absolute Gasteiger partial charge is 0.255 e. The van der Waals surface area contributed by atoms with Gasteiger partial charge in [0.05, 0.1) is 18.3 Å². The number of unbranched alkanes of at least 4 members (excludes halogenated alkanes) is 1. The van der Waals surface area contributed by atoms with Gasteiger partial charge in [0.1, 0.15) is 11.9 Å². The summed E-state index contributed by atoms with van der Waals surface area (Å²) < 4.78 is 16.3. The Morgan fingerprint density at radius 3 is 2.24 bits per heavy atom. The lowest BCUT2D eigenvalue weighted by Gasteiger charge is -2.28. The summed E-state index contributed by atoms with van der Waals surface area (Å²) in [4.78, 5) is 25.6. The predicted molar refractivity (Wildman–Crippen MR) is 164 cm³/mol. The fraction of sp³-hybridized carbons (Fsp3) is 0.548. The van der Waals surface area contributed by atoms with Crippen LogP contribution in [0, 0.1) is 11.8 Å². The third-order valence-corrected chi connectivity index (χ3v) is 7.00. The zero-order valence-electron chi connectivity index (χ0n) is 24.7. The van der Waals surface area contributed by atoms with E-state index in [1.54, 1.807) is 25.3 Å². The van der Waals surface area contributed by atoms with Gasteiger partial charge in [-0.15, -0.1) is 12.4 Å². The van der Waals surface area contributed by atoms with Crippen molar-refractivity contribution in [3.05, 3.63) is 65.7 Å². The minimum absolute atomic E-state index is 0. The Morgan fingerprint density at radius 2 is 1.59 bits per heavy atom. The molecule has 0 spiro atoms. The molecule has 0 heterocycles. The van der Waals surface area contributed by atoms with Crippen molar-refractivity contribution in [1.29, 1.82) is 0 Å². The number of halogens is 1. The largest absolute Gasteiger partial charge is 0.493 e. The van der Waals surface area contributed by atoms with Gasteiger partial charge in [-0.3, -0.25) is 9.59 Å². The molecule has 230 valence electrons. The number of carbonyl (C=O) groups excluding carboxylic acids is 2. The van der Waals surface area contributed by atoms with Crippen LogP contribution in [0.15, 0.2) is 54.6 Å².